The van der Waals surface area contributed by atoms with E-state index in [9.17, 15) is 9.59 Å². The fourth-order valence-corrected chi connectivity index (χ4v) is 4.71. The quantitative estimate of drug-likeness (QED) is 0.835. The first-order chi connectivity index (χ1) is 13.4. The molecule has 1 saturated heterocycles. The summed E-state index contributed by atoms with van der Waals surface area (Å²) in [5.74, 6) is 0.119. The number of aryl methyl sites for hydroxylation is 1. The monoisotopic (exact) mass is 398 g/mol. The van der Waals surface area contributed by atoms with E-state index in [1.807, 2.05) is 56.0 Å². The first-order valence-corrected chi connectivity index (χ1v) is 10.7. The number of rotatable bonds is 4. The summed E-state index contributed by atoms with van der Waals surface area (Å²) in [6.45, 7) is 7.02. The van der Waals surface area contributed by atoms with Crippen LogP contribution in [0, 0.1) is 19.8 Å². The zero-order chi connectivity index (χ0) is 19.8. The van der Waals surface area contributed by atoms with E-state index in [4.69, 9.17) is 4.74 Å². The van der Waals surface area contributed by atoms with E-state index >= 15 is 0 Å². The molecule has 0 unspecified atom stereocenters. The number of thiophene rings is 1. The minimum absolute atomic E-state index is 0.0240. The van der Waals surface area contributed by atoms with E-state index in [2.05, 4.69) is 5.32 Å². The normalized spacial score (nSPS) is 22.2. The lowest BCUT2D eigenvalue weighted by atomic mass is 10.0. The van der Waals surface area contributed by atoms with Gasteiger partial charge in [0.1, 0.15) is 11.1 Å². The first-order valence-electron chi connectivity index (χ1n) is 9.84. The second-order valence-corrected chi connectivity index (χ2v) is 9.03. The highest BCUT2D eigenvalue weighted by molar-refractivity contribution is 7.16. The third-order valence-corrected chi connectivity index (χ3v) is 6.63. The van der Waals surface area contributed by atoms with Crippen LogP contribution in [-0.4, -0.2) is 35.9 Å². The minimum atomic E-state index is -0.140. The molecule has 0 radical (unpaired) electrons. The average molecular weight is 399 g/mol. The fourth-order valence-electron chi connectivity index (χ4n) is 3.66. The second-order valence-electron chi connectivity index (χ2n) is 7.81. The van der Waals surface area contributed by atoms with Gasteiger partial charge in [0.2, 0.25) is 5.91 Å². The Balaban J connectivity index is 1.58. The molecule has 1 aliphatic carbocycles. The Morgan fingerprint density at radius 3 is 2.54 bits per heavy atom. The number of nitrogens with zero attached hydrogens (tertiary/aromatic N) is 1. The second kappa shape index (κ2) is 7.68. The van der Waals surface area contributed by atoms with Crippen molar-refractivity contribution in [1.29, 1.82) is 0 Å². The summed E-state index contributed by atoms with van der Waals surface area (Å²) in [7, 11) is 0. The number of benzene rings is 1. The van der Waals surface area contributed by atoms with Crippen molar-refractivity contribution in [1.82, 2.24) is 4.90 Å². The Labute approximate surface area is 169 Å². The van der Waals surface area contributed by atoms with Gasteiger partial charge in [-0.15, -0.1) is 11.3 Å². The average Bonchev–Trinajstić information content (AvgIpc) is 3.49. The van der Waals surface area contributed by atoms with E-state index in [0.29, 0.717) is 23.7 Å². The summed E-state index contributed by atoms with van der Waals surface area (Å²) in [4.78, 5) is 28.7. The van der Waals surface area contributed by atoms with Crippen LogP contribution in [-0.2, 0) is 9.53 Å². The highest BCUT2D eigenvalue weighted by Gasteiger charge is 2.34. The SMILES string of the molecule is Cc1sc(NC(=O)C2CC2)c(C(=O)N2C[C@H](C)O[C@@H](c3ccccc3)C2)c1C. The summed E-state index contributed by atoms with van der Waals surface area (Å²) in [5.41, 5.74) is 2.67. The maximum Gasteiger partial charge on any atom is 0.257 e. The van der Waals surface area contributed by atoms with Crippen molar-refractivity contribution in [2.45, 2.75) is 45.8 Å². The van der Waals surface area contributed by atoms with Gasteiger partial charge in [-0.3, -0.25) is 9.59 Å². The van der Waals surface area contributed by atoms with Crippen LogP contribution in [0.25, 0.3) is 0 Å². The molecule has 4 rings (SSSR count). The third-order valence-electron chi connectivity index (χ3n) is 5.50. The zero-order valence-corrected chi connectivity index (χ0v) is 17.3. The Bertz CT molecular complexity index is 889. The predicted molar refractivity (Wildman–Crippen MR) is 111 cm³/mol. The highest BCUT2D eigenvalue weighted by Crippen LogP contribution is 2.37. The van der Waals surface area contributed by atoms with E-state index in [0.717, 1.165) is 28.8 Å². The number of nitrogens with one attached hydrogen (secondary N) is 1. The van der Waals surface area contributed by atoms with E-state index in [1.54, 1.807) is 0 Å². The number of anilines is 1. The molecular formula is C22H26N2O3S. The Morgan fingerprint density at radius 2 is 1.86 bits per heavy atom. The number of hydrogen-bond donors (Lipinski definition) is 1. The number of ether oxygens (including phenoxy) is 1. The highest BCUT2D eigenvalue weighted by atomic mass is 32.1. The van der Waals surface area contributed by atoms with Crippen LogP contribution in [0.1, 0.15) is 52.2 Å². The Kier molecular flexibility index (Phi) is 5.25. The van der Waals surface area contributed by atoms with Gasteiger partial charge in [0.05, 0.1) is 18.2 Å². The van der Waals surface area contributed by atoms with E-state index in [-0.39, 0.29) is 29.9 Å². The van der Waals surface area contributed by atoms with Crippen LogP contribution < -0.4 is 5.32 Å². The minimum Gasteiger partial charge on any atom is -0.367 e. The van der Waals surface area contributed by atoms with Gasteiger partial charge in [0, 0.05) is 17.3 Å². The van der Waals surface area contributed by atoms with Crippen LogP contribution >= 0.6 is 11.3 Å². The molecule has 5 nitrogen and oxygen atoms in total. The van der Waals surface area contributed by atoms with Crippen molar-refractivity contribution in [2.75, 3.05) is 18.4 Å². The number of amides is 2. The number of hydrogen-bond acceptors (Lipinski definition) is 4. The largest absolute Gasteiger partial charge is 0.367 e. The molecule has 2 aromatic rings. The summed E-state index contributed by atoms with van der Waals surface area (Å²) in [5, 5.41) is 3.70. The van der Waals surface area contributed by atoms with Gasteiger partial charge in [-0.1, -0.05) is 30.3 Å². The predicted octanol–water partition coefficient (Wildman–Crippen LogP) is 4.32. The molecule has 2 heterocycles. The smallest absolute Gasteiger partial charge is 0.257 e. The number of carbonyl (C=O) groups is 2. The van der Waals surface area contributed by atoms with Crippen LogP contribution in [0.5, 0.6) is 0 Å². The fraction of sp³-hybridized carbons (Fsp3) is 0.455. The van der Waals surface area contributed by atoms with Gasteiger partial charge in [-0.2, -0.15) is 0 Å². The van der Waals surface area contributed by atoms with Gasteiger partial charge >= 0.3 is 0 Å². The van der Waals surface area contributed by atoms with Gasteiger partial charge < -0.3 is 15.0 Å². The Hall–Kier alpha value is -2.18. The van der Waals surface area contributed by atoms with Crippen molar-refractivity contribution >= 4 is 28.2 Å². The molecule has 1 aromatic carbocycles. The molecule has 28 heavy (non-hydrogen) atoms. The van der Waals surface area contributed by atoms with Gasteiger partial charge in [0.25, 0.3) is 5.91 Å². The zero-order valence-electron chi connectivity index (χ0n) is 16.5. The van der Waals surface area contributed by atoms with Crippen molar-refractivity contribution in [3.63, 3.8) is 0 Å². The molecule has 6 heteroatoms. The molecule has 0 spiro atoms. The summed E-state index contributed by atoms with van der Waals surface area (Å²) < 4.78 is 6.10. The van der Waals surface area contributed by atoms with Crippen LogP contribution in [0.2, 0.25) is 0 Å². The van der Waals surface area contributed by atoms with Crippen molar-refractivity contribution < 1.29 is 14.3 Å². The van der Waals surface area contributed by atoms with Gasteiger partial charge in [0.15, 0.2) is 0 Å². The summed E-state index contributed by atoms with van der Waals surface area (Å²) in [6, 6.07) is 10.0. The van der Waals surface area contributed by atoms with Gasteiger partial charge in [-0.25, -0.2) is 0 Å². The summed E-state index contributed by atoms with van der Waals surface area (Å²) >= 11 is 1.49. The topological polar surface area (TPSA) is 58.6 Å². The van der Waals surface area contributed by atoms with E-state index in [1.165, 1.54) is 11.3 Å². The van der Waals surface area contributed by atoms with E-state index < -0.39 is 0 Å². The lowest BCUT2D eigenvalue weighted by Crippen LogP contribution is -2.46. The van der Waals surface area contributed by atoms with Crippen LogP contribution in [0.3, 0.4) is 0 Å². The first kappa shape index (κ1) is 19.2. The maximum absolute atomic E-state index is 13.5. The molecule has 148 valence electrons. The standard InChI is InChI=1S/C22H26N2O3S/c1-13-11-24(12-18(27-13)16-7-5-4-6-8-16)22(26)19-14(2)15(3)28-21(19)23-20(25)17-9-10-17/h4-8,13,17-18H,9-12H2,1-3H3,(H,23,25)/t13-,18+/m0/s1. The van der Waals surface area contributed by atoms with Crippen molar-refractivity contribution in [2.24, 2.45) is 5.92 Å². The maximum atomic E-state index is 13.5. The molecule has 1 N–H and O–H groups in total. The molecule has 1 aliphatic heterocycles. The van der Waals surface area contributed by atoms with Crippen molar-refractivity contribution in [3.8, 4) is 0 Å². The van der Waals surface area contributed by atoms with Crippen LogP contribution in [0.15, 0.2) is 30.3 Å². The third kappa shape index (κ3) is 3.84. The van der Waals surface area contributed by atoms with Crippen molar-refractivity contribution in [3.05, 3.63) is 51.9 Å². The Morgan fingerprint density at radius 1 is 1.14 bits per heavy atom. The molecule has 1 aromatic heterocycles. The molecule has 2 amide bonds. The summed E-state index contributed by atoms with van der Waals surface area (Å²) in [6.07, 6.45) is 1.70. The number of carbonyl (C=O) groups excluding carboxylic acids is 2. The van der Waals surface area contributed by atoms with Crippen LogP contribution in [0.4, 0.5) is 5.00 Å². The molecule has 2 aliphatic rings. The van der Waals surface area contributed by atoms with Gasteiger partial charge in [-0.05, 0) is 44.7 Å². The molecule has 2 fully saturated rings. The molecule has 2 atom stereocenters. The molecule has 0 bridgehead atoms. The lowest BCUT2D eigenvalue weighted by Gasteiger charge is -2.37. The molecule has 1 saturated carbocycles. The number of morpholine rings is 1. The lowest BCUT2D eigenvalue weighted by molar-refractivity contribution is -0.117. The molecular weight excluding hydrogens is 372 g/mol.